The van der Waals surface area contributed by atoms with Crippen molar-refractivity contribution in [3.63, 3.8) is 0 Å². The highest BCUT2D eigenvalue weighted by Crippen LogP contribution is 2.31. The predicted octanol–water partition coefficient (Wildman–Crippen LogP) is 3.18. The second-order valence-corrected chi connectivity index (χ2v) is 7.90. The highest BCUT2D eigenvalue weighted by Gasteiger charge is 2.26. The first-order valence-electron chi connectivity index (χ1n) is 5.88. The maximum atomic E-state index is 12.1. The molecule has 1 aromatic carbocycles. The van der Waals surface area contributed by atoms with Crippen LogP contribution in [-0.2, 0) is 10.0 Å². The van der Waals surface area contributed by atoms with Crippen LogP contribution in [0.3, 0.4) is 0 Å². The molecule has 2 atom stereocenters. The number of hydrogen-bond acceptors (Lipinski definition) is 2. The van der Waals surface area contributed by atoms with Crippen LogP contribution in [0.1, 0.15) is 19.3 Å². The van der Waals surface area contributed by atoms with Gasteiger partial charge in [-0.15, -0.1) is 0 Å². The molecule has 2 rings (SSSR count). The maximum absolute atomic E-state index is 12.1. The average molecular weight is 353 g/mol. The Morgan fingerprint density at radius 2 is 2.17 bits per heavy atom. The van der Waals surface area contributed by atoms with Crippen LogP contribution >= 0.6 is 27.5 Å². The Hall–Kier alpha value is -0.100. The van der Waals surface area contributed by atoms with E-state index in [2.05, 4.69) is 20.7 Å². The van der Waals surface area contributed by atoms with E-state index in [0.717, 1.165) is 19.3 Å². The summed E-state index contributed by atoms with van der Waals surface area (Å²) in [4.78, 5) is 0.638. The zero-order valence-electron chi connectivity index (χ0n) is 9.77. The van der Waals surface area contributed by atoms with Gasteiger partial charge in [0.25, 0.3) is 0 Å². The van der Waals surface area contributed by atoms with Crippen LogP contribution in [0, 0.1) is 5.92 Å². The molecule has 1 aliphatic rings. The highest BCUT2D eigenvalue weighted by molar-refractivity contribution is 9.09. The Labute approximate surface area is 121 Å². The Bertz CT molecular complexity index is 521. The van der Waals surface area contributed by atoms with Crippen LogP contribution in [0.25, 0.3) is 0 Å². The van der Waals surface area contributed by atoms with Gasteiger partial charge in [0, 0.05) is 16.4 Å². The van der Waals surface area contributed by atoms with E-state index >= 15 is 0 Å². The van der Waals surface area contributed by atoms with Crippen molar-refractivity contribution in [2.24, 2.45) is 5.92 Å². The van der Waals surface area contributed by atoms with Gasteiger partial charge in [0.1, 0.15) is 0 Å². The number of rotatable bonds is 4. The molecule has 18 heavy (non-hydrogen) atoms. The van der Waals surface area contributed by atoms with Crippen LogP contribution < -0.4 is 4.72 Å². The third-order valence-electron chi connectivity index (χ3n) is 3.21. The van der Waals surface area contributed by atoms with Crippen molar-refractivity contribution in [2.75, 3.05) is 6.54 Å². The standard InChI is InChI=1S/C12H15BrClNO2S/c13-12-6-1-3-9(12)8-15-18(16,17)11-5-2-4-10(14)7-11/h2,4-5,7,9,12,15H,1,3,6,8H2. The summed E-state index contributed by atoms with van der Waals surface area (Å²) >= 11 is 9.39. The Kier molecular flexibility index (Phi) is 4.69. The van der Waals surface area contributed by atoms with Crippen molar-refractivity contribution in [3.8, 4) is 0 Å². The van der Waals surface area contributed by atoms with Crippen LogP contribution in [0.15, 0.2) is 29.2 Å². The van der Waals surface area contributed by atoms with Crippen molar-refractivity contribution in [1.29, 1.82) is 0 Å². The monoisotopic (exact) mass is 351 g/mol. The molecule has 1 N–H and O–H groups in total. The summed E-state index contributed by atoms with van der Waals surface area (Å²) in [6.45, 7) is 0.477. The summed E-state index contributed by atoms with van der Waals surface area (Å²) in [5.41, 5.74) is 0. The number of hydrogen-bond donors (Lipinski definition) is 1. The van der Waals surface area contributed by atoms with E-state index in [1.807, 2.05) is 0 Å². The fourth-order valence-corrected chi connectivity index (χ4v) is 4.33. The molecule has 1 fully saturated rings. The summed E-state index contributed by atoms with van der Waals surface area (Å²) in [5.74, 6) is 0.374. The summed E-state index contributed by atoms with van der Waals surface area (Å²) in [5, 5.41) is 0.428. The molecule has 1 aromatic rings. The van der Waals surface area contributed by atoms with E-state index < -0.39 is 10.0 Å². The van der Waals surface area contributed by atoms with Crippen molar-refractivity contribution in [3.05, 3.63) is 29.3 Å². The lowest BCUT2D eigenvalue weighted by molar-refractivity contribution is 0.529. The molecule has 0 radical (unpaired) electrons. The number of halogens is 2. The number of sulfonamides is 1. The molecule has 1 saturated carbocycles. The van der Waals surface area contributed by atoms with E-state index in [4.69, 9.17) is 11.6 Å². The number of benzene rings is 1. The normalized spacial score (nSPS) is 24.3. The molecule has 0 amide bonds. The van der Waals surface area contributed by atoms with Gasteiger partial charge in [-0.25, -0.2) is 13.1 Å². The van der Waals surface area contributed by atoms with Crippen molar-refractivity contribution < 1.29 is 8.42 Å². The van der Waals surface area contributed by atoms with Gasteiger partial charge in [-0.1, -0.05) is 40.0 Å². The van der Waals surface area contributed by atoms with Crippen LogP contribution in [-0.4, -0.2) is 19.8 Å². The molecule has 0 bridgehead atoms. The minimum absolute atomic E-state index is 0.221. The van der Waals surface area contributed by atoms with Gasteiger partial charge in [-0.3, -0.25) is 0 Å². The largest absolute Gasteiger partial charge is 0.240 e. The SMILES string of the molecule is O=S(=O)(NCC1CCCC1Br)c1cccc(Cl)c1. The first-order valence-corrected chi connectivity index (χ1v) is 8.66. The molecule has 0 saturated heterocycles. The lowest BCUT2D eigenvalue weighted by Crippen LogP contribution is -2.31. The minimum atomic E-state index is -3.45. The molecule has 0 aromatic heterocycles. The van der Waals surface area contributed by atoms with Gasteiger partial charge in [-0.2, -0.15) is 0 Å². The van der Waals surface area contributed by atoms with Gasteiger partial charge < -0.3 is 0 Å². The second-order valence-electron chi connectivity index (χ2n) is 4.52. The molecule has 0 spiro atoms. The third kappa shape index (κ3) is 3.47. The molecule has 1 aliphatic carbocycles. The van der Waals surface area contributed by atoms with Gasteiger partial charge in [-0.05, 0) is 37.0 Å². The molecular weight excluding hydrogens is 338 g/mol. The smallest absolute Gasteiger partial charge is 0.211 e. The fourth-order valence-electron chi connectivity index (χ4n) is 2.16. The first kappa shape index (κ1) is 14.3. The van der Waals surface area contributed by atoms with Gasteiger partial charge in [0.15, 0.2) is 0 Å². The topological polar surface area (TPSA) is 46.2 Å². The van der Waals surface area contributed by atoms with Gasteiger partial charge in [0.2, 0.25) is 10.0 Å². The van der Waals surface area contributed by atoms with E-state index in [1.165, 1.54) is 6.07 Å². The Balaban J connectivity index is 2.03. The third-order valence-corrected chi connectivity index (χ3v) is 6.07. The zero-order valence-corrected chi connectivity index (χ0v) is 12.9. The fraction of sp³-hybridized carbons (Fsp3) is 0.500. The first-order chi connectivity index (χ1) is 8.49. The molecular formula is C12H15BrClNO2S. The summed E-state index contributed by atoms with van der Waals surface area (Å²) in [6, 6.07) is 6.31. The summed E-state index contributed by atoms with van der Waals surface area (Å²) in [6.07, 6.45) is 3.33. The predicted molar refractivity (Wildman–Crippen MR) is 76.7 cm³/mol. The lowest BCUT2D eigenvalue weighted by atomic mass is 10.1. The van der Waals surface area contributed by atoms with E-state index in [1.54, 1.807) is 18.2 Å². The lowest BCUT2D eigenvalue weighted by Gasteiger charge is -2.15. The van der Waals surface area contributed by atoms with Crippen molar-refractivity contribution in [1.82, 2.24) is 4.72 Å². The van der Waals surface area contributed by atoms with Crippen LogP contribution in [0.2, 0.25) is 5.02 Å². The average Bonchev–Trinajstić information content (AvgIpc) is 2.72. The van der Waals surface area contributed by atoms with Crippen molar-refractivity contribution >= 4 is 37.6 Å². The van der Waals surface area contributed by atoms with Crippen molar-refractivity contribution in [2.45, 2.75) is 29.0 Å². The maximum Gasteiger partial charge on any atom is 0.240 e. The van der Waals surface area contributed by atoms with E-state index in [-0.39, 0.29) is 4.90 Å². The molecule has 0 aliphatic heterocycles. The number of alkyl halides is 1. The molecule has 0 heterocycles. The van der Waals surface area contributed by atoms with Gasteiger partial charge >= 0.3 is 0 Å². The number of nitrogens with one attached hydrogen (secondary N) is 1. The molecule has 6 heteroatoms. The molecule has 100 valence electrons. The highest BCUT2D eigenvalue weighted by atomic mass is 79.9. The quantitative estimate of drug-likeness (QED) is 0.846. The zero-order chi connectivity index (χ0) is 13.2. The molecule has 2 unspecified atom stereocenters. The van der Waals surface area contributed by atoms with E-state index in [9.17, 15) is 8.42 Å². The second kappa shape index (κ2) is 5.90. The summed E-state index contributed by atoms with van der Waals surface area (Å²) in [7, 11) is -3.45. The molecule has 3 nitrogen and oxygen atoms in total. The Morgan fingerprint density at radius 3 is 2.78 bits per heavy atom. The Morgan fingerprint density at radius 1 is 1.39 bits per heavy atom. The van der Waals surface area contributed by atoms with E-state index in [0.29, 0.717) is 22.3 Å². The minimum Gasteiger partial charge on any atom is -0.211 e. The van der Waals surface area contributed by atoms with Crippen LogP contribution in [0.4, 0.5) is 0 Å². The van der Waals surface area contributed by atoms with Crippen LogP contribution in [0.5, 0.6) is 0 Å². The summed E-state index contributed by atoms with van der Waals surface area (Å²) < 4.78 is 26.8. The van der Waals surface area contributed by atoms with Gasteiger partial charge in [0.05, 0.1) is 4.90 Å².